The summed E-state index contributed by atoms with van der Waals surface area (Å²) in [7, 11) is 3.80. The van der Waals surface area contributed by atoms with Gasteiger partial charge < -0.3 is 19.7 Å². The number of nitrogens with zero attached hydrogens (tertiary/aromatic N) is 2. The number of rotatable bonds is 8. The van der Waals surface area contributed by atoms with Crippen LogP contribution in [0.3, 0.4) is 0 Å². The van der Waals surface area contributed by atoms with Crippen molar-refractivity contribution in [1.29, 1.82) is 5.26 Å². The van der Waals surface area contributed by atoms with E-state index >= 15 is 0 Å². The lowest BCUT2D eigenvalue weighted by Gasteiger charge is -2.12. The van der Waals surface area contributed by atoms with Crippen LogP contribution in [0.15, 0.2) is 54.1 Å². The SMILES string of the molecule is CCOC(=O)c1ccccc1NC(=O)COC(=O)/C(C#N)=C/c1ccc(N(C)C)cc1. The predicted octanol–water partition coefficient (Wildman–Crippen LogP) is 3.02. The molecule has 0 atom stereocenters. The second-order valence-corrected chi connectivity index (χ2v) is 6.55. The molecule has 0 aliphatic carbocycles. The fourth-order valence-corrected chi connectivity index (χ4v) is 2.55. The normalized spacial score (nSPS) is 10.6. The largest absolute Gasteiger partial charge is 0.462 e. The van der Waals surface area contributed by atoms with Gasteiger partial charge in [0.05, 0.1) is 17.9 Å². The van der Waals surface area contributed by atoms with Crippen molar-refractivity contribution in [2.24, 2.45) is 0 Å². The molecule has 0 fully saturated rings. The maximum Gasteiger partial charge on any atom is 0.349 e. The molecule has 160 valence electrons. The summed E-state index contributed by atoms with van der Waals surface area (Å²) in [6.07, 6.45) is 1.38. The summed E-state index contributed by atoms with van der Waals surface area (Å²) in [5.74, 6) is -2.16. The van der Waals surface area contributed by atoms with Gasteiger partial charge in [0.2, 0.25) is 0 Å². The van der Waals surface area contributed by atoms with Crippen molar-refractivity contribution >= 4 is 35.3 Å². The zero-order valence-electron chi connectivity index (χ0n) is 17.5. The van der Waals surface area contributed by atoms with Crippen LogP contribution in [0, 0.1) is 11.3 Å². The second-order valence-electron chi connectivity index (χ2n) is 6.55. The molecule has 0 aliphatic rings. The number of ether oxygens (including phenoxy) is 2. The third-order valence-corrected chi connectivity index (χ3v) is 4.09. The molecule has 0 aliphatic heterocycles. The number of carbonyl (C=O) groups excluding carboxylic acids is 3. The molecule has 0 saturated carbocycles. The monoisotopic (exact) mass is 421 g/mol. The van der Waals surface area contributed by atoms with Gasteiger partial charge in [-0.15, -0.1) is 0 Å². The molecule has 2 aromatic carbocycles. The fourth-order valence-electron chi connectivity index (χ4n) is 2.55. The van der Waals surface area contributed by atoms with Crippen molar-refractivity contribution in [2.75, 3.05) is 37.5 Å². The molecule has 2 rings (SSSR count). The van der Waals surface area contributed by atoms with Crippen molar-refractivity contribution in [3.05, 3.63) is 65.2 Å². The summed E-state index contributed by atoms with van der Waals surface area (Å²) in [6, 6.07) is 15.3. The first-order chi connectivity index (χ1) is 14.8. The van der Waals surface area contributed by atoms with Crippen molar-refractivity contribution in [1.82, 2.24) is 0 Å². The first-order valence-electron chi connectivity index (χ1n) is 9.48. The van der Waals surface area contributed by atoms with Gasteiger partial charge in [-0.2, -0.15) is 5.26 Å². The Morgan fingerprint density at radius 1 is 1.06 bits per heavy atom. The number of nitrogens with one attached hydrogen (secondary N) is 1. The molecule has 0 radical (unpaired) electrons. The van der Waals surface area contributed by atoms with Crippen LogP contribution in [0.2, 0.25) is 0 Å². The molecule has 0 spiro atoms. The highest BCUT2D eigenvalue weighted by Crippen LogP contribution is 2.17. The quantitative estimate of drug-likeness (QED) is 0.396. The average Bonchev–Trinajstić information content (AvgIpc) is 2.76. The Hall–Kier alpha value is -4.12. The molecule has 0 unspecified atom stereocenters. The van der Waals surface area contributed by atoms with E-state index in [-0.39, 0.29) is 23.4 Å². The van der Waals surface area contributed by atoms with Crippen LogP contribution >= 0.6 is 0 Å². The van der Waals surface area contributed by atoms with Gasteiger partial charge in [-0.1, -0.05) is 24.3 Å². The summed E-state index contributed by atoms with van der Waals surface area (Å²) in [6.45, 7) is 1.25. The highest BCUT2D eigenvalue weighted by molar-refractivity contribution is 6.03. The van der Waals surface area contributed by atoms with Crippen molar-refractivity contribution < 1.29 is 23.9 Å². The van der Waals surface area contributed by atoms with E-state index in [9.17, 15) is 19.6 Å². The minimum atomic E-state index is -0.923. The van der Waals surface area contributed by atoms with E-state index in [1.807, 2.05) is 31.1 Å². The van der Waals surface area contributed by atoms with Gasteiger partial charge in [0.1, 0.15) is 11.6 Å². The molecule has 2 aromatic rings. The van der Waals surface area contributed by atoms with Crippen molar-refractivity contribution in [3.8, 4) is 6.07 Å². The number of nitriles is 1. The molecule has 1 N–H and O–H groups in total. The van der Waals surface area contributed by atoms with E-state index in [1.54, 1.807) is 37.3 Å². The molecule has 31 heavy (non-hydrogen) atoms. The van der Waals surface area contributed by atoms with E-state index < -0.39 is 24.5 Å². The lowest BCUT2D eigenvalue weighted by molar-refractivity contribution is -0.142. The van der Waals surface area contributed by atoms with Crippen molar-refractivity contribution in [2.45, 2.75) is 6.92 Å². The summed E-state index contributed by atoms with van der Waals surface area (Å²) < 4.78 is 9.89. The average molecular weight is 421 g/mol. The number of hydrogen-bond acceptors (Lipinski definition) is 7. The number of amides is 1. The van der Waals surface area contributed by atoms with Crippen LogP contribution in [0.1, 0.15) is 22.8 Å². The number of esters is 2. The lowest BCUT2D eigenvalue weighted by atomic mass is 10.1. The molecular formula is C23H23N3O5. The molecule has 0 heterocycles. The van der Waals surface area contributed by atoms with Gasteiger partial charge in [-0.05, 0) is 42.8 Å². The number of para-hydroxylation sites is 1. The second kappa shape index (κ2) is 11.2. The predicted molar refractivity (Wildman–Crippen MR) is 116 cm³/mol. The van der Waals surface area contributed by atoms with Crippen LogP contribution in [0.4, 0.5) is 11.4 Å². The highest BCUT2D eigenvalue weighted by Gasteiger charge is 2.16. The Bertz CT molecular complexity index is 1020. The Labute approximate surface area is 180 Å². The zero-order valence-corrected chi connectivity index (χ0v) is 17.5. The molecule has 1 amide bonds. The van der Waals surface area contributed by atoms with Gasteiger partial charge in [-0.3, -0.25) is 4.79 Å². The van der Waals surface area contributed by atoms with Gasteiger partial charge in [0, 0.05) is 19.8 Å². The first-order valence-corrected chi connectivity index (χ1v) is 9.48. The summed E-state index contributed by atoms with van der Waals surface area (Å²) in [5.41, 5.74) is 1.80. The molecular weight excluding hydrogens is 398 g/mol. The molecule has 8 nitrogen and oxygen atoms in total. The van der Waals surface area contributed by atoms with E-state index in [4.69, 9.17) is 9.47 Å². The van der Waals surface area contributed by atoms with E-state index in [1.165, 1.54) is 18.2 Å². The van der Waals surface area contributed by atoms with Gasteiger partial charge in [0.25, 0.3) is 5.91 Å². The number of anilines is 2. The summed E-state index contributed by atoms with van der Waals surface area (Å²) >= 11 is 0. The number of benzene rings is 2. The fraction of sp³-hybridized carbons (Fsp3) is 0.217. The minimum Gasteiger partial charge on any atom is -0.462 e. The molecule has 0 saturated heterocycles. The molecule has 0 aromatic heterocycles. The van der Waals surface area contributed by atoms with Crippen LogP contribution < -0.4 is 10.2 Å². The summed E-state index contributed by atoms with van der Waals surface area (Å²) in [4.78, 5) is 38.3. The maximum absolute atomic E-state index is 12.2. The van der Waals surface area contributed by atoms with Crippen LogP contribution in [-0.4, -0.2) is 45.2 Å². The van der Waals surface area contributed by atoms with Gasteiger partial charge in [0.15, 0.2) is 6.61 Å². The van der Waals surface area contributed by atoms with E-state index in [0.29, 0.717) is 5.56 Å². The first kappa shape index (κ1) is 23.2. The Morgan fingerprint density at radius 2 is 1.74 bits per heavy atom. The Kier molecular flexibility index (Phi) is 8.34. The van der Waals surface area contributed by atoms with Crippen LogP contribution in [0.5, 0.6) is 0 Å². The zero-order chi connectivity index (χ0) is 22.8. The molecule has 8 heteroatoms. The number of hydrogen-bond donors (Lipinski definition) is 1. The third kappa shape index (κ3) is 6.72. The topological polar surface area (TPSA) is 109 Å². The van der Waals surface area contributed by atoms with Crippen LogP contribution in [0.25, 0.3) is 6.08 Å². The number of carbonyl (C=O) groups is 3. The Morgan fingerprint density at radius 3 is 2.35 bits per heavy atom. The maximum atomic E-state index is 12.2. The van der Waals surface area contributed by atoms with Gasteiger partial charge in [-0.25, -0.2) is 9.59 Å². The van der Waals surface area contributed by atoms with Crippen LogP contribution in [-0.2, 0) is 19.1 Å². The lowest BCUT2D eigenvalue weighted by Crippen LogP contribution is -2.22. The third-order valence-electron chi connectivity index (χ3n) is 4.09. The minimum absolute atomic E-state index is 0.183. The van der Waals surface area contributed by atoms with Crippen molar-refractivity contribution in [3.63, 3.8) is 0 Å². The van der Waals surface area contributed by atoms with E-state index in [0.717, 1.165) is 5.69 Å². The summed E-state index contributed by atoms with van der Waals surface area (Å²) in [5, 5.41) is 11.8. The standard InChI is InChI=1S/C23H23N3O5/c1-4-30-23(29)19-7-5-6-8-20(19)25-21(27)15-31-22(28)17(14-24)13-16-9-11-18(12-10-16)26(2)3/h5-13H,4,15H2,1-3H3,(H,25,27)/b17-13+. The Balaban J connectivity index is 2.00. The molecule has 0 bridgehead atoms. The van der Waals surface area contributed by atoms with Gasteiger partial charge >= 0.3 is 11.9 Å². The smallest absolute Gasteiger partial charge is 0.349 e. The van der Waals surface area contributed by atoms with E-state index in [2.05, 4.69) is 5.32 Å². The highest BCUT2D eigenvalue weighted by atomic mass is 16.5.